The van der Waals surface area contributed by atoms with Crippen molar-refractivity contribution in [2.24, 2.45) is 11.1 Å². The highest BCUT2D eigenvalue weighted by Crippen LogP contribution is 2.37. The Morgan fingerprint density at radius 1 is 0.950 bits per heavy atom. The SMILES string of the molecule is N=C(N)NCCC[C@H](NC(=O)C1(C(=O)NCc2ccccc2)CCCCC1)B(O)O.O=S(=O)(O)c1ccccc1. The van der Waals surface area contributed by atoms with E-state index in [2.05, 4.69) is 16.0 Å². The first-order chi connectivity index (χ1) is 19.0. The number of hydrogen-bond acceptors (Lipinski definition) is 7. The van der Waals surface area contributed by atoms with Gasteiger partial charge in [0.25, 0.3) is 10.1 Å². The molecular formula is C26H38BN5O7S. The molecule has 1 aliphatic carbocycles. The van der Waals surface area contributed by atoms with Gasteiger partial charge in [0.1, 0.15) is 5.41 Å². The van der Waals surface area contributed by atoms with Crippen LogP contribution in [0.3, 0.4) is 0 Å². The maximum absolute atomic E-state index is 13.2. The standard InChI is InChI=1S/C20H32BN5O4.C6H6O3S/c22-19(23)24-13-7-10-16(21(29)30)26-18(28)20(11-5-2-6-12-20)17(27)25-14-15-8-3-1-4-9-15;7-10(8,9)6-4-2-1-3-5-6/h1,3-4,8-9,16,29-30H,2,5-7,10-14H2,(H,25,27)(H,26,28)(H4,22,23,24);1-5H,(H,7,8,9)/t16-;/m0./s1. The normalized spacial score (nSPS) is 15.0. The van der Waals surface area contributed by atoms with Crippen LogP contribution < -0.4 is 21.7 Å². The molecule has 0 unspecified atom stereocenters. The predicted molar refractivity (Wildman–Crippen MR) is 151 cm³/mol. The van der Waals surface area contributed by atoms with Crippen molar-refractivity contribution in [1.29, 1.82) is 5.41 Å². The van der Waals surface area contributed by atoms with Gasteiger partial charge in [-0.2, -0.15) is 8.42 Å². The van der Waals surface area contributed by atoms with Gasteiger partial charge in [-0.25, -0.2) is 0 Å². The fraction of sp³-hybridized carbons (Fsp3) is 0.423. The Labute approximate surface area is 235 Å². The molecule has 1 fully saturated rings. The molecule has 0 aromatic heterocycles. The van der Waals surface area contributed by atoms with E-state index in [0.717, 1.165) is 24.8 Å². The van der Waals surface area contributed by atoms with Crippen LogP contribution in [0.1, 0.15) is 50.5 Å². The van der Waals surface area contributed by atoms with Gasteiger partial charge in [-0.1, -0.05) is 67.8 Å². The third-order valence-electron chi connectivity index (χ3n) is 6.60. The lowest BCUT2D eigenvalue weighted by Gasteiger charge is -2.35. The number of carbonyl (C=O) groups is 2. The number of hydrogen-bond donors (Lipinski definition) is 8. The van der Waals surface area contributed by atoms with Gasteiger partial charge in [0.2, 0.25) is 11.8 Å². The van der Waals surface area contributed by atoms with Crippen LogP contribution in [0.25, 0.3) is 0 Å². The summed E-state index contributed by atoms with van der Waals surface area (Å²) < 4.78 is 29.2. The van der Waals surface area contributed by atoms with Crippen molar-refractivity contribution in [3.63, 3.8) is 0 Å². The molecule has 3 rings (SSSR count). The minimum absolute atomic E-state index is 0.0741. The first-order valence-electron chi connectivity index (χ1n) is 13.1. The molecule has 14 heteroatoms. The molecule has 1 aliphatic rings. The smallest absolute Gasteiger partial charge is 0.426 e. The molecule has 2 aromatic carbocycles. The fourth-order valence-corrected chi connectivity index (χ4v) is 4.90. The first-order valence-corrected chi connectivity index (χ1v) is 14.5. The largest absolute Gasteiger partial charge is 0.475 e. The highest BCUT2D eigenvalue weighted by molar-refractivity contribution is 7.85. The van der Waals surface area contributed by atoms with Gasteiger partial charge in [0, 0.05) is 13.1 Å². The molecule has 0 aliphatic heterocycles. The number of rotatable bonds is 11. The van der Waals surface area contributed by atoms with E-state index in [9.17, 15) is 28.1 Å². The third-order valence-corrected chi connectivity index (χ3v) is 7.46. The second-order valence-electron chi connectivity index (χ2n) is 9.58. The monoisotopic (exact) mass is 575 g/mol. The van der Waals surface area contributed by atoms with Crippen molar-refractivity contribution >= 4 is 35.0 Å². The van der Waals surface area contributed by atoms with Crippen LogP contribution in [-0.2, 0) is 26.3 Å². The van der Waals surface area contributed by atoms with Gasteiger partial charge in [0.15, 0.2) is 5.96 Å². The van der Waals surface area contributed by atoms with Crippen molar-refractivity contribution in [2.45, 2.75) is 62.3 Å². The van der Waals surface area contributed by atoms with Crippen LogP contribution >= 0.6 is 0 Å². The van der Waals surface area contributed by atoms with E-state index >= 15 is 0 Å². The molecule has 2 aromatic rings. The summed E-state index contributed by atoms with van der Waals surface area (Å²) in [7, 11) is -5.75. The van der Waals surface area contributed by atoms with Gasteiger partial charge in [-0.15, -0.1) is 0 Å². The number of amides is 2. The van der Waals surface area contributed by atoms with E-state index in [-0.39, 0.29) is 23.2 Å². The Morgan fingerprint density at radius 3 is 2.02 bits per heavy atom. The van der Waals surface area contributed by atoms with Gasteiger partial charge < -0.3 is 31.7 Å². The van der Waals surface area contributed by atoms with Crippen molar-refractivity contribution in [1.82, 2.24) is 16.0 Å². The highest BCUT2D eigenvalue weighted by atomic mass is 32.2. The zero-order chi connectivity index (χ0) is 29.6. The van der Waals surface area contributed by atoms with E-state index in [0.29, 0.717) is 32.4 Å². The molecule has 0 bridgehead atoms. The lowest BCUT2D eigenvalue weighted by Crippen LogP contribution is -2.57. The van der Waals surface area contributed by atoms with Crippen LogP contribution in [-0.4, -0.2) is 60.4 Å². The molecule has 0 saturated heterocycles. The number of nitrogens with two attached hydrogens (primary N) is 1. The minimum atomic E-state index is -4.00. The summed E-state index contributed by atoms with van der Waals surface area (Å²) in [6, 6.07) is 16.9. The molecule has 218 valence electrons. The number of nitrogens with one attached hydrogen (secondary N) is 4. The Hall–Kier alpha value is -3.46. The quantitative estimate of drug-likeness (QED) is 0.0477. The molecule has 0 radical (unpaired) electrons. The molecule has 2 amide bonds. The van der Waals surface area contributed by atoms with Gasteiger partial charge in [-0.3, -0.25) is 19.6 Å². The Morgan fingerprint density at radius 2 is 1.52 bits per heavy atom. The molecule has 9 N–H and O–H groups in total. The summed E-state index contributed by atoms with van der Waals surface area (Å²) in [5.74, 6) is -1.87. The second kappa shape index (κ2) is 16.0. The van der Waals surface area contributed by atoms with E-state index < -0.39 is 34.5 Å². The number of guanidine groups is 1. The fourth-order valence-electron chi connectivity index (χ4n) is 4.40. The number of benzene rings is 2. The second-order valence-corrected chi connectivity index (χ2v) is 11.0. The van der Waals surface area contributed by atoms with Crippen molar-refractivity contribution in [2.75, 3.05) is 6.54 Å². The lowest BCUT2D eigenvalue weighted by molar-refractivity contribution is -0.146. The summed E-state index contributed by atoms with van der Waals surface area (Å²) >= 11 is 0. The zero-order valence-electron chi connectivity index (χ0n) is 22.3. The summed E-state index contributed by atoms with van der Waals surface area (Å²) in [6.07, 6.45) is 4.09. The van der Waals surface area contributed by atoms with E-state index in [1.54, 1.807) is 18.2 Å². The maximum Gasteiger partial charge on any atom is 0.475 e. The number of carbonyl (C=O) groups excluding carboxylic acids is 2. The maximum atomic E-state index is 13.2. The molecule has 12 nitrogen and oxygen atoms in total. The molecule has 40 heavy (non-hydrogen) atoms. The summed E-state index contributed by atoms with van der Waals surface area (Å²) in [6.45, 7) is 0.703. The van der Waals surface area contributed by atoms with Gasteiger partial charge >= 0.3 is 7.12 Å². The van der Waals surface area contributed by atoms with E-state index in [1.165, 1.54) is 12.1 Å². The Bertz CT molecular complexity index is 1190. The molecular weight excluding hydrogens is 537 g/mol. The van der Waals surface area contributed by atoms with Crippen LogP contribution in [0.15, 0.2) is 65.6 Å². The lowest BCUT2D eigenvalue weighted by atomic mass is 9.70. The topological polar surface area (TPSA) is 215 Å². The van der Waals surface area contributed by atoms with Crippen LogP contribution in [0.4, 0.5) is 0 Å². The third kappa shape index (κ3) is 10.6. The van der Waals surface area contributed by atoms with Crippen molar-refractivity contribution in [3.8, 4) is 0 Å². The van der Waals surface area contributed by atoms with Crippen LogP contribution in [0.5, 0.6) is 0 Å². The molecule has 1 atom stereocenters. The summed E-state index contributed by atoms with van der Waals surface area (Å²) in [5.41, 5.74) is 4.96. The average molecular weight is 575 g/mol. The molecule has 0 spiro atoms. The summed E-state index contributed by atoms with van der Waals surface area (Å²) in [5, 5.41) is 34.7. The van der Waals surface area contributed by atoms with E-state index in [1.807, 2.05) is 30.3 Å². The minimum Gasteiger partial charge on any atom is -0.426 e. The Balaban J connectivity index is 0.000000469. The molecule has 0 heterocycles. The average Bonchev–Trinajstić information content (AvgIpc) is 2.94. The first kappa shape index (κ1) is 32.8. The van der Waals surface area contributed by atoms with Gasteiger partial charge in [0.05, 0.1) is 10.8 Å². The van der Waals surface area contributed by atoms with Gasteiger partial charge in [-0.05, 0) is 43.4 Å². The van der Waals surface area contributed by atoms with E-state index in [4.69, 9.17) is 15.7 Å². The molecule has 1 saturated carbocycles. The van der Waals surface area contributed by atoms with Crippen molar-refractivity contribution in [3.05, 3.63) is 66.2 Å². The summed E-state index contributed by atoms with van der Waals surface area (Å²) in [4.78, 5) is 26.2. The zero-order valence-corrected chi connectivity index (χ0v) is 23.1. The highest BCUT2D eigenvalue weighted by Gasteiger charge is 2.47. The Kier molecular flexibility index (Phi) is 13.1. The van der Waals surface area contributed by atoms with Crippen molar-refractivity contribution < 1.29 is 32.6 Å². The van der Waals surface area contributed by atoms with Crippen LogP contribution in [0.2, 0.25) is 0 Å². The van der Waals surface area contributed by atoms with Crippen LogP contribution in [0, 0.1) is 10.8 Å². The predicted octanol–water partition coefficient (Wildman–Crippen LogP) is 0.947.